The molecular formula is C16H16. The van der Waals surface area contributed by atoms with Crippen LogP contribution in [0.3, 0.4) is 0 Å². The summed E-state index contributed by atoms with van der Waals surface area (Å²) in [6.07, 6.45) is 4.33. The zero-order valence-electron chi connectivity index (χ0n) is 9.77. The summed E-state index contributed by atoms with van der Waals surface area (Å²) in [6, 6.07) is 16.9. The van der Waals surface area contributed by atoms with E-state index in [2.05, 4.69) is 68.5 Å². The predicted octanol–water partition coefficient (Wildman–Crippen LogP) is 4.47. The monoisotopic (exact) mass is 208 g/mol. The Kier molecular flexibility index (Phi) is 3.21. The zero-order chi connectivity index (χ0) is 11.4. The minimum atomic E-state index is 1.24. The fourth-order valence-electron chi connectivity index (χ4n) is 1.69. The maximum Gasteiger partial charge on any atom is -0.0225 e. The van der Waals surface area contributed by atoms with E-state index < -0.39 is 0 Å². The van der Waals surface area contributed by atoms with Crippen LogP contribution in [0, 0.1) is 13.8 Å². The van der Waals surface area contributed by atoms with Crippen molar-refractivity contribution in [1.82, 2.24) is 0 Å². The van der Waals surface area contributed by atoms with E-state index in [1.54, 1.807) is 0 Å². The van der Waals surface area contributed by atoms with Gasteiger partial charge in [-0.25, -0.2) is 0 Å². The van der Waals surface area contributed by atoms with Gasteiger partial charge in [0.25, 0.3) is 0 Å². The molecule has 0 saturated carbocycles. The average molecular weight is 208 g/mol. The van der Waals surface area contributed by atoms with Crippen LogP contribution in [0.25, 0.3) is 12.2 Å². The van der Waals surface area contributed by atoms with Crippen LogP contribution in [0.2, 0.25) is 0 Å². The lowest BCUT2D eigenvalue weighted by Crippen LogP contribution is -1.81. The van der Waals surface area contributed by atoms with Crippen LogP contribution < -0.4 is 0 Å². The molecule has 0 aliphatic carbocycles. The van der Waals surface area contributed by atoms with Crippen molar-refractivity contribution in [2.75, 3.05) is 0 Å². The van der Waals surface area contributed by atoms with Crippen LogP contribution in [-0.2, 0) is 0 Å². The minimum absolute atomic E-state index is 1.24. The molecule has 2 aromatic carbocycles. The maximum atomic E-state index is 2.22. The molecule has 0 fully saturated rings. The highest BCUT2D eigenvalue weighted by Gasteiger charge is 1.94. The summed E-state index contributed by atoms with van der Waals surface area (Å²) in [5.41, 5.74) is 5.16. The topological polar surface area (TPSA) is 0 Å². The number of aryl methyl sites for hydroxylation is 2. The first kappa shape index (κ1) is 10.7. The molecule has 0 unspecified atom stereocenters. The van der Waals surface area contributed by atoms with Crippen LogP contribution in [0.1, 0.15) is 22.3 Å². The van der Waals surface area contributed by atoms with Gasteiger partial charge in [0.05, 0.1) is 0 Å². The van der Waals surface area contributed by atoms with Crippen molar-refractivity contribution in [1.29, 1.82) is 0 Å². The molecular weight excluding hydrogens is 192 g/mol. The molecule has 0 N–H and O–H groups in total. The summed E-state index contributed by atoms with van der Waals surface area (Å²) in [7, 11) is 0. The molecule has 2 aromatic rings. The van der Waals surface area contributed by atoms with Crippen molar-refractivity contribution in [3.8, 4) is 0 Å². The number of hydrogen-bond acceptors (Lipinski definition) is 0. The summed E-state index contributed by atoms with van der Waals surface area (Å²) in [4.78, 5) is 0. The van der Waals surface area contributed by atoms with Crippen LogP contribution in [0.4, 0.5) is 0 Å². The molecule has 16 heavy (non-hydrogen) atoms. The van der Waals surface area contributed by atoms with Crippen molar-refractivity contribution >= 4 is 12.2 Å². The lowest BCUT2D eigenvalue weighted by atomic mass is 10.0. The van der Waals surface area contributed by atoms with Crippen molar-refractivity contribution in [2.24, 2.45) is 0 Å². The van der Waals surface area contributed by atoms with E-state index in [0.717, 1.165) is 0 Å². The van der Waals surface area contributed by atoms with E-state index >= 15 is 0 Å². The van der Waals surface area contributed by atoms with Gasteiger partial charge < -0.3 is 0 Å². The molecule has 2 rings (SSSR count). The van der Waals surface area contributed by atoms with Gasteiger partial charge in [0, 0.05) is 0 Å². The van der Waals surface area contributed by atoms with Gasteiger partial charge in [-0.2, -0.15) is 0 Å². The van der Waals surface area contributed by atoms with E-state index in [4.69, 9.17) is 0 Å². The van der Waals surface area contributed by atoms with Gasteiger partial charge in [-0.3, -0.25) is 0 Å². The second-order valence-electron chi connectivity index (χ2n) is 4.10. The Morgan fingerprint density at radius 3 is 2.31 bits per heavy atom. The lowest BCUT2D eigenvalue weighted by Gasteiger charge is -2.01. The molecule has 0 heteroatoms. The van der Waals surface area contributed by atoms with Crippen molar-refractivity contribution in [3.05, 3.63) is 70.8 Å². The molecule has 0 radical (unpaired) electrons. The Balaban J connectivity index is 2.27. The third-order valence-electron chi connectivity index (χ3n) is 2.69. The molecule has 0 spiro atoms. The third-order valence-corrected chi connectivity index (χ3v) is 2.69. The van der Waals surface area contributed by atoms with Gasteiger partial charge in [0.15, 0.2) is 0 Å². The quantitative estimate of drug-likeness (QED) is 0.638. The molecule has 0 atom stereocenters. The smallest absolute Gasteiger partial charge is 0.0225 e. The molecule has 0 heterocycles. The number of rotatable bonds is 2. The summed E-state index contributed by atoms with van der Waals surface area (Å²) < 4.78 is 0. The van der Waals surface area contributed by atoms with Crippen LogP contribution in [-0.4, -0.2) is 0 Å². The highest BCUT2D eigenvalue weighted by atomic mass is 14.0. The van der Waals surface area contributed by atoms with Crippen LogP contribution >= 0.6 is 0 Å². The molecule has 0 aliphatic rings. The predicted molar refractivity (Wildman–Crippen MR) is 71.3 cm³/mol. The molecule has 0 aliphatic heterocycles. The normalized spacial score (nSPS) is 10.9. The first-order chi connectivity index (χ1) is 7.75. The van der Waals surface area contributed by atoms with Gasteiger partial charge in [0.2, 0.25) is 0 Å². The molecule has 0 nitrogen and oxygen atoms in total. The Bertz CT molecular complexity index is 493. The Labute approximate surface area is 97.3 Å². The van der Waals surface area contributed by atoms with E-state index in [1.165, 1.54) is 22.3 Å². The summed E-state index contributed by atoms with van der Waals surface area (Å²) in [5.74, 6) is 0. The number of hydrogen-bond donors (Lipinski definition) is 0. The summed E-state index contributed by atoms with van der Waals surface area (Å²) in [6.45, 7) is 4.27. The maximum absolute atomic E-state index is 2.22. The minimum Gasteiger partial charge on any atom is -0.0622 e. The first-order valence-corrected chi connectivity index (χ1v) is 5.56. The van der Waals surface area contributed by atoms with Crippen molar-refractivity contribution < 1.29 is 0 Å². The fourth-order valence-corrected chi connectivity index (χ4v) is 1.69. The van der Waals surface area contributed by atoms with Gasteiger partial charge in [0.1, 0.15) is 0 Å². The molecule has 0 amide bonds. The lowest BCUT2D eigenvalue weighted by molar-refractivity contribution is 1.38. The van der Waals surface area contributed by atoms with Crippen LogP contribution in [0.15, 0.2) is 48.5 Å². The van der Waals surface area contributed by atoms with E-state index in [0.29, 0.717) is 0 Å². The summed E-state index contributed by atoms with van der Waals surface area (Å²) >= 11 is 0. The fraction of sp³-hybridized carbons (Fsp3) is 0.125. The highest BCUT2D eigenvalue weighted by Crippen LogP contribution is 2.14. The Hall–Kier alpha value is -1.82. The number of benzene rings is 2. The second-order valence-corrected chi connectivity index (χ2v) is 4.10. The standard InChI is InChI=1S/C16H16/c1-13-8-9-14(2)16(12-13)11-10-15-6-4-3-5-7-15/h3-12H,1-2H3/b11-10+. The zero-order valence-corrected chi connectivity index (χ0v) is 9.77. The molecule has 80 valence electrons. The highest BCUT2D eigenvalue weighted by molar-refractivity contribution is 5.71. The van der Waals surface area contributed by atoms with E-state index in [-0.39, 0.29) is 0 Å². The largest absolute Gasteiger partial charge is 0.0622 e. The van der Waals surface area contributed by atoms with Crippen molar-refractivity contribution in [2.45, 2.75) is 13.8 Å². The van der Waals surface area contributed by atoms with Gasteiger partial charge in [-0.1, -0.05) is 66.2 Å². The van der Waals surface area contributed by atoms with Gasteiger partial charge >= 0.3 is 0 Å². The Morgan fingerprint density at radius 1 is 0.812 bits per heavy atom. The van der Waals surface area contributed by atoms with Crippen molar-refractivity contribution in [3.63, 3.8) is 0 Å². The van der Waals surface area contributed by atoms with Gasteiger partial charge in [-0.05, 0) is 30.5 Å². The van der Waals surface area contributed by atoms with E-state index in [1.807, 2.05) is 6.07 Å². The average Bonchev–Trinajstić information content (AvgIpc) is 2.32. The van der Waals surface area contributed by atoms with Gasteiger partial charge in [-0.15, -0.1) is 0 Å². The molecule has 0 saturated heterocycles. The molecule has 0 aromatic heterocycles. The SMILES string of the molecule is Cc1ccc(C)c(/C=C/c2ccccc2)c1. The summed E-state index contributed by atoms with van der Waals surface area (Å²) in [5, 5.41) is 0. The third kappa shape index (κ3) is 2.60. The second kappa shape index (κ2) is 4.80. The molecule has 0 bridgehead atoms. The first-order valence-electron chi connectivity index (χ1n) is 5.56. The Morgan fingerprint density at radius 2 is 1.56 bits per heavy atom. The van der Waals surface area contributed by atoms with E-state index in [9.17, 15) is 0 Å². The van der Waals surface area contributed by atoms with Crippen LogP contribution in [0.5, 0.6) is 0 Å².